The Hall–Kier alpha value is -3.03. The van der Waals surface area contributed by atoms with Gasteiger partial charge in [-0.25, -0.2) is 5.43 Å². The van der Waals surface area contributed by atoms with Gasteiger partial charge in [0.15, 0.2) is 6.10 Å². The summed E-state index contributed by atoms with van der Waals surface area (Å²) < 4.78 is 10.7. The number of carbonyl (C=O) groups excluding carboxylic acids is 1. The van der Waals surface area contributed by atoms with Gasteiger partial charge in [-0.15, -0.1) is 0 Å². The Morgan fingerprint density at radius 1 is 1.24 bits per heavy atom. The molecule has 29 heavy (non-hydrogen) atoms. The lowest BCUT2D eigenvalue weighted by molar-refractivity contribution is -0.127. The number of H-pyrrole nitrogens is 1. The third kappa shape index (κ3) is 5.28. The molecule has 150 valence electrons. The summed E-state index contributed by atoms with van der Waals surface area (Å²) in [6.07, 6.45) is 2.31. The quantitative estimate of drug-likeness (QED) is 0.429. The number of hydrazone groups is 1. The van der Waals surface area contributed by atoms with Gasteiger partial charge in [0, 0.05) is 16.1 Å². The Balaban J connectivity index is 1.62. The van der Waals surface area contributed by atoms with Gasteiger partial charge in [-0.3, -0.25) is 9.89 Å². The van der Waals surface area contributed by atoms with Gasteiger partial charge in [-0.1, -0.05) is 23.2 Å². The summed E-state index contributed by atoms with van der Waals surface area (Å²) in [5, 5.41) is 11.8. The number of aromatic nitrogens is 2. The number of nitrogens with one attached hydrogen (secondary N) is 2. The highest BCUT2D eigenvalue weighted by Crippen LogP contribution is 2.28. The van der Waals surface area contributed by atoms with Crippen LogP contribution in [0.1, 0.15) is 12.5 Å². The van der Waals surface area contributed by atoms with Crippen LogP contribution >= 0.6 is 23.2 Å². The zero-order valence-electron chi connectivity index (χ0n) is 15.6. The number of hydrogen-bond acceptors (Lipinski definition) is 5. The van der Waals surface area contributed by atoms with Gasteiger partial charge in [0.2, 0.25) is 0 Å². The molecule has 1 aromatic heterocycles. The lowest BCUT2D eigenvalue weighted by atomic mass is 10.1. The van der Waals surface area contributed by atoms with E-state index in [1.165, 1.54) is 6.21 Å². The fourth-order valence-electron chi connectivity index (χ4n) is 2.45. The van der Waals surface area contributed by atoms with E-state index in [0.29, 0.717) is 21.4 Å². The largest absolute Gasteiger partial charge is 0.497 e. The van der Waals surface area contributed by atoms with E-state index in [0.717, 1.165) is 17.0 Å². The highest BCUT2D eigenvalue weighted by atomic mass is 35.5. The van der Waals surface area contributed by atoms with Crippen molar-refractivity contribution in [3.63, 3.8) is 0 Å². The molecule has 1 amide bonds. The summed E-state index contributed by atoms with van der Waals surface area (Å²) in [5.74, 6) is 0.687. The number of amides is 1. The van der Waals surface area contributed by atoms with Crippen molar-refractivity contribution in [2.45, 2.75) is 13.0 Å². The first-order valence-electron chi connectivity index (χ1n) is 8.60. The van der Waals surface area contributed by atoms with Crippen molar-refractivity contribution >= 4 is 35.3 Å². The van der Waals surface area contributed by atoms with Crippen LogP contribution in [0, 0.1) is 0 Å². The van der Waals surface area contributed by atoms with E-state index < -0.39 is 12.0 Å². The van der Waals surface area contributed by atoms with Crippen LogP contribution in [-0.2, 0) is 4.79 Å². The number of nitrogens with zero attached hydrogens (tertiary/aromatic N) is 2. The second kappa shape index (κ2) is 9.45. The monoisotopic (exact) mass is 432 g/mol. The maximum absolute atomic E-state index is 12.2. The number of hydrogen-bond donors (Lipinski definition) is 2. The summed E-state index contributed by atoms with van der Waals surface area (Å²) >= 11 is 11.9. The van der Waals surface area contributed by atoms with Gasteiger partial charge in [0.25, 0.3) is 5.91 Å². The van der Waals surface area contributed by atoms with Gasteiger partial charge in [-0.2, -0.15) is 10.2 Å². The third-order valence-corrected chi connectivity index (χ3v) is 4.52. The number of carbonyl (C=O) groups is 1. The molecule has 2 aromatic carbocycles. The number of benzene rings is 2. The Morgan fingerprint density at radius 2 is 2.00 bits per heavy atom. The SMILES string of the molecule is COc1ccc(-c2[nH]ncc2C=NNC(=O)[C@@H](C)Oc2ccc(Cl)cc2Cl)cc1. The van der Waals surface area contributed by atoms with Crippen molar-refractivity contribution in [1.29, 1.82) is 0 Å². The molecular formula is C20H18Cl2N4O3. The first-order valence-corrected chi connectivity index (χ1v) is 9.36. The topological polar surface area (TPSA) is 88.6 Å². The average Bonchev–Trinajstić information content (AvgIpc) is 3.18. The second-order valence-corrected chi connectivity index (χ2v) is 6.84. The van der Waals surface area contributed by atoms with E-state index in [9.17, 15) is 4.79 Å². The molecule has 3 aromatic rings. The van der Waals surface area contributed by atoms with Gasteiger partial charge in [-0.05, 0) is 49.4 Å². The number of ether oxygens (including phenoxy) is 2. The minimum absolute atomic E-state index is 0.322. The summed E-state index contributed by atoms with van der Waals surface area (Å²) in [7, 11) is 1.61. The van der Waals surface area contributed by atoms with Crippen LogP contribution in [-0.4, -0.2) is 35.5 Å². The molecule has 3 rings (SSSR count). The van der Waals surface area contributed by atoms with Gasteiger partial charge >= 0.3 is 0 Å². The van der Waals surface area contributed by atoms with Gasteiger partial charge in [0.05, 0.1) is 30.2 Å². The fraction of sp³-hybridized carbons (Fsp3) is 0.150. The second-order valence-electron chi connectivity index (χ2n) is 6.00. The molecule has 0 bridgehead atoms. The average molecular weight is 433 g/mol. The molecule has 1 atom stereocenters. The summed E-state index contributed by atoms with van der Waals surface area (Å²) in [6, 6.07) is 12.3. The lowest BCUT2D eigenvalue weighted by Crippen LogP contribution is -2.33. The molecule has 1 heterocycles. The molecule has 0 saturated carbocycles. The van der Waals surface area contributed by atoms with Gasteiger partial charge < -0.3 is 9.47 Å². The standard InChI is InChI=1S/C20H18Cl2N4O3/c1-12(29-18-8-5-15(21)9-17(18)22)20(27)26-24-11-14-10-23-25-19(14)13-3-6-16(28-2)7-4-13/h3-12H,1-2H3,(H,23,25)(H,26,27)/t12-/m1/s1. The van der Waals surface area contributed by atoms with E-state index >= 15 is 0 Å². The Kier molecular flexibility index (Phi) is 6.74. The molecule has 0 aliphatic heterocycles. The highest BCUT2D eigenvalue weighted by molar-refractivity contribution is 6.35. The van der Waals surface area contributed by atoms with Crippen LogP contribution in [0.3, 0.4) is 0 Å². The molecule has 0 aliphatic carbocycles. The minimum Gasteiger partial charge on any atom is -0.497 e. The lowest BCUT2D eigenvalue weighted by Gasteiger charge is -2.14. The number of rotatable bonds is 7. The van der Waals surface area contributed by atoms with E-state index in [2.05, 4.69) is 20.7 Å². The molecule has 0 unspecified atom stereocenters. The minimum atomic E-state index is -0.809. The van der Waals surface area contributed by atoms with Crippen molar-refractivity contribution in [2.75, 3.05) is 7.11 Å². The fourth-order valence-corrected chi connectivity index (χ4v) is 2.91. The maximum Gasteiger partial charge on any atom is 0.280 e. The van der Waals surface area contributed by atoms with Gasteiger partial charge in [0.1, 0.15) is 11.5 Å². The highest BCUT2D eigenvalue weighted by Gasteiger charge is 2.16. The molecule has 0 fully saturated rings. The molecular weight excluding hydrogens is 415 g/mol. The van der Waals surface area contributed by atoms with Crippen LogP contribution in [0.15, 0.2) is 53.8 Å². The number of aromatic amines is 1. The molecule has 0 saturated heterocycles. The van der Waals surface area contributed by atoms with Crippen molar-refractivity contribution in [1.82, 2.24) is 15.6 Å². The molecule has 0 spiro atoms. The Bertz CT molecular complexity index is 1020. The number of halogens is 2. The first-order chi connectivity index (χ1) is 14.0. The summed E-state index contributed by atoms with van der Waals surface area (Å²) in [4.78, 5) is 12.2. The van der Waals surface area contributed by atoms with Crippen molar-refractivity contribution in [3.8, 4) is 22.8 Å². The van der Waals surface area contributed by atoms with E-state index in [1.54, 1.807) is 38.4 Å². The van der Waals surface area contributed by atoms with Crippen LogP contribution < -0.4 is 14.9 Å². The zero-order chi connectivity index (χ0) is 20.8. The van der Waals surface area contributed by atoms with Crippen molar-refractivity contribution < 1.29 is 14.3 Å². The predicted molar refractivity (Wildman–Crippen MR) is 113 cm³/mol. The smallest absolute Gasteiger partial charge is 0.280 e. The molecule has 0 aliphatic rings. The predicted octanol–water partition coefficient (Wildman–Crippen LogP) is 4.31. The Morgan fingerprint density at radius 3 is 2.69 bits per heavy atom. The van der Waals surface area contributed by atoms with Crippen molar-refractivity contribution in [3.05, 3.63) is 64.3 Å². The maximum atomic E-state index is 12.2. The van der Waals surface area contributed by atoms with Crippen LogP contribution in [0.25, 0.3) is 11.3 Å². The third-order valence-electron chi connectivity index (χ3n) is 3.99. The Labute approximate surface area is 177 Å². The molecule has 0 radical (unpaired) electrons. The van der Waals surface area contributed by atoms with Crippen LogP contribution in [0.2, 0.25) is 10.0 Å². The van der Waals surface area contributed by atoms with Crippen LogP contribution in [0.4, 0.5) is 0 Å². The van der Waals surface area contributed by atoms with E-state index in [4.69, 9.17) is 32.7 Å². The van der Waals surface area contributed by atoms with E-state index in [-0.39, 0.29) is 0 Å². The number of methoxy groups -OCH3 is 1. The van der Waals surface area contributed by atoms with Crippen LogP contribution in [0.5, 0.6) is 11.5 Å². The summed E-state index contributed by atoms with van der Waals surface area (Å²) in [6.45, 7) is 1.59. The molecule has 2 N–H and O–H groups in total. The zero-order valence-corrected chi connectivity index (χ0v) is 17.2. The van der Waals surface area contributed by atoms with Crippen molar-refractivity contribution in [2.24, 2.45) is 5.10 Å². The molecule has 7 nitrogen and oxygen atoms in total. The first kappa shape index (κ1) is 20.7. The summed E-state index contributed by atoms with van der Waals surface area (Å²) in [5.41, 5.74) is 4.83. The molecule has 9 heteroatoms. The normalized spacial score (nSPS) is 12.0. The van der Waals surface area contributed by atoms with E-state index in [1.807, 2.05) is 24.3 Å².